The lowest BCUT2D eigenvalue weighted by molar-refractivity contribution is 0.0316. The molecule has 0 aliphatic carbocycles. The van der Waals surface area contributed by atoms with Gasteiger partial charge in [-0.1, -0.05) is 11.6 Å². The predicted molar refractivity (Wildman–Crippen MR) is 88.8 cm³/mol. The summed E-state index contributed by atoms with van der Waals surface area (Å²) < 4.78 is 0.819. The van der Waals surface area contributed by atoms with Crippen LogP contribution in [0.4, 0.5) is 0 Å². The van der Waals surface area contributed by atoms with Crippen molar-refractivity contribution in [3.8, 4) is 0 Å². The summed E-state index contributed by atoms with van der Waals surface area (Å²) in [4.78, 5) is 17.2. The maximum Gasteiger partial charge on any atom is 0.255 e. The lowest BCUT2D eigenvalue weighted by Crippen LogP contribution is -2.53. The summed E-state index contributed by atoms with van der Waals surface area (Å²) in [6.45, 7) is 2.89. The van der Waals surface area contributed by atoms with E-state index in [1.807, 2.05) is 11.0 Å². The van der Waals surface area contributed by atoms with Gasteiger partial charge in [-0.15, -0.1) is 0 Å². The van der Waals surface area contributed by atoms with Gasteiger partial charge in [0.05, 0.1) is 5.56 Å². The quantitative estimate of drug-likeness (QED) is 0.752. The summed E-state index contributed by atoms with van der Waals surface area (Å²) in [5, 5.41) is 0.605. The number of hydrogen-bond acceptors (Lipinski definition) is 2. The van der Waals surface area contributed by atoms with Crippen LogP contribution in [0.5, 0.6) is 0 Å². The fraction of sp³-hybridized carbons (Fsp3) is 0.562. The molecule has 0 saturated carbocycles. The molecule has 2 atom stereocenters. The maximum atomic E-state index is 12.8. The summed E-state index contributed by atoms with van der Waals surface area (Å²) >= 11 is 9.49. The minimum absolute atomic E-state index is 0.0936. The Labute approximate surface area is 139 Å². The summed E-state index contributed by atoms with van der Waals surface area (Å²) in [6.07, 6.45) is 3.54. The van der Waals surface area contributed by atoms with Crippen molar-refractivity contribution in [3.05, 3.63) is 33.3 Å². The molecule has 2 aliphatic heterocycles. The van der Waals surface area contributed by atoms with Gasteiger partial charge < -0.3 is 9.80 Å². The predicted octanol–water partition coefficient (Wildman–Crippen LogP) is 3.66. The lowest BCUT2D eigenvalue weighted by atomic mass is 9.84. The Morgan fingerprint density at radius 3 is 2.95 bits per heavy atom. The largest absolute Gasteiger partial charge is 0.338 e. The summed E-state index contributed by atoms with van der Waals surface area (Å²) in [7, 11) is 2.21. The number of halogens is 2. The van der Waals surface area contributed by atoms with Crippen molar-refractivity contribution in [2.45, 2.75) is 25.3 Å². The van der Waals surface area contributed by atoms with Crippen LogP contribution in [0.25, 0.3) is 0 Å². The number of carbonyl (C=O) groups excluding carboxylic acids is 1. The molecule has 2 heterocycles. The van der Waals surface area contributed by atoms with Crippen molar-refractivity contribution in [3.63, 3.8) is 0 Å². The highest BCUT2D eigenvalue weighted by Gasteiger charge is 2.36. The van der Waals surface area contributed by atoms with E-state index in [-0.39, 0.29) is 5.91 Å². The van der Waals surface area contributed by atoms with Crippen molar-refractivity contribution in [1.82, 2.24) is 9.80 Å². The van der Waals surface area contributed by atoms with Crippen molar-refractivity contribution in [2.75, 3.05) is 26.7 Å². The second-order valence-corrected chi connectivity index (χ2v) is 7.41. The standard InChI is InChI=1S/C16H20BrClN2O/c1-19-7-2-3-11-10-20(8-6-15(11)19)16(21)13-9-12(18)4-5-14(13)17/h4-5,9,11,15H,2-3,6-8,10H2,1H3. The fourth-order valence-corrected chi connectivity index (χ4v) is 4.26. The number of nitrogens with zero attached hydrogens (tertiary/aromatic N) is 2. The molecule has 3 nitrogen and oxygen atoms in total. The van der Waals surface area contributed by atoms with Crippen LogP contribution in [-0.2, 0) is 0 Å². The zero-order chi connectivity index (χ0) is 15.0. The van der Waals surface area contributed by atoms with Gasteiger partial charge in [-0.05, 0) is 72.9 Å². The minimum Gasteiger partial charge on any atom is -0.338 e. The van der Waals surface area contributed by atoms with Crippen LogP contribution in [0, 0.1) is 5.92 Å². The van der Waals surface area contributed by atoms with Gasteiger partial charge >= 0.3 is 0 Å². The molecule has 2 aliphatic rings. The molecule has 2 fully saturated rings. The van der Waals surface area contributed by atoms with E-state index in [0.717, 1.165) is 24.0 Å². The number of amides is 1. The van der Waals surface area contributed by atoms with Gasteiger partial charge in [0.1, 0.15) is 0 Å². The summed E-state index contributed by atoms with van der Waals surface area (Å²) in [5.74, 6) is 0.704. The monoisotopic (exact) mass is 370 g/mol. The molecule has 0 bridgehead atoms. The van der Waals surface area contributed by atoms with Gasteiger partial charge in [0, 0.05) is 28.6 Å². The van der Waals surface area contributed by atoms with E-state index < -0.39 is 0 Å². The van der Waals surface area contributed by atoms with Gasteiger partial charge in [-0.3, -0.25) is 4.79 Å². The highest BCUT2D eigenvalue weighted by atomic mass is 79.9. The zero-order valence-corrected chi connectivity index (χ0v) is 14.5. The van der Waals surface area contributed by atoms with Crippen LogP contribution in [0.1, 0.15) is 29.6 Å². The molecule has 2 saturated heterocycles. The molecule has 3 rings (SSSR count). The first-order valence-corrected chi connectivity index (χ1v) is 8.68. The minimum atomic E-state index is 0.0936. The van der Waals surface area contributed by atoms with Crippen molar-refractivity contribution < 1.29 is 4.79 Å². The first kappa shape index (κ1) is 15.3. The van der Waals surface area contributed by atoms with Crippen LogP contribution in [0.15, 0.2) is 22.7 Å². The molecule has 1 aromatic rings. The topological polar surface area (TPSA) is 23.6 Å². The average Bonchev–Trinajstić information content (AvgIpc) is 2.49. The molecule has 0 aromatic heterocycles. The highest BCUT2D eigenvalue weighted by Crippen LogP contribution is 2.31. The van der Waals surface area contributed by atoms with E-state index in [1.54, 1.807) is 12.1 Å². The Morgan fingerprint density at radius 2 is 2.14 bits per heavy atom. The van der Waals surface area contributed by atoms with Gasteiger partial charge in [0.2, 0.25) is 0 Å². The molecule has 0 spiro atoms. The number of hydrogen-bond donors (Lipinski definition) is 0. The van der Waals surface area contributed by atoms with E-state index in [0.29, 0.717) is 22.5 Å². The number of likely N-dealkylation sites (tertiary alicyclic amines) is 2. The van der Waals surface area contributed by atoms with E-state index in [9.17, 15) is 4.79 Å². The Balaban J connectivity index is 1.76. The summed E-state index contributed by atoms with van der Waals surface area (Å²) in [6, 6.07) is 6.04. The maximum absolute atomic E-state index is 12.8. The molecule has 1 amide bonds. The highest BCUT2D eigenvalue weighted by molar-refractivity contribution is 9.10. The van der Waals surface area contributed by atoms with Gasteiger partial charge in [-0.25, -0.2) is 0 Å². The average molecular weight is 372 g/mol. The Hall–Kier alpha value is -0.580. The zero-order valence-electron chi connectivity index (χ0n) is 12.2. The molecule has 0 N–H and O–H groups in total. The fourth-order valence-electron chi connectivity index (χ4n) is 3.67. The van der Waals surface area contributed by atoms with Crippen LogP contribution in [0.3, 0.4) is 0 Å². The van der Waals surface area contributed by atoms with E-state index >= 15 is 0 Å². The van der Waals surface area contributed by atoms with Crippen LogP contribution in [0.2, 0.25) is 5.02 Å². The number of carbonyl (C=O) groups is 1. The molecule has 21 heavy (non-hydrogen) atoms. The number of fused-ring (bicyclic) bond motifs is 1. The number of benzene rings is 1. The second-order valence-electron chi connectivity index (χ2n) is 6.11. The van der Waals surface area contributed by atoms with Gasteiger partial charge in [-0.2, -0.15) is 0 Å². The van der Waals surface area contributed by atoms with Crippen molar-refractivity contribution in [2.24, 2.45) is 5.92 Å². The SMILES string of the molecule is CN1CCCC2CN(C(=O)c3cc(Cl)ccc3Br)CCC21. The molecular weight excluding hydrogens is 352 g/mol. The lowest BCUT2D eigenvalue weighted by Gasteiger charge is -2.46. The van der Waals surface area contributed by atoms with Crippen molar-refractivity contribution in [1.29, 1.82) is 0 Å². The molecule has 0 radical (unpaired) electrons. The number of piperidine rings is 2. The molecule has 1 aromatic carbocycles. The van der Waals surface area contributed by atoms with Gasteiger partial charge in [0.25, 0.3) is 5.91 Å². The Bertz CT molecular complexity index is 551. The molecule has 114 valence electrons. The van der Waals surface area contributed by atoms with Crippen LogP contribution < -0.4 is 0 Å². The third kappa shape index (κ3) is 3.13. The van der Waals surface area contributed by atoms with E-state index in [4.69, 9.17) is 11.6 Å². The third-order valence-electron chi connectivity index (χ3n) is 4.79. The first-order valence-electron chi connectivity index (χ1n) is 7.51. The van der Waals surface area contributed by atoms with E-state index in [1.165, 1.54) is 19.4 Å². The Morgan fingerprint density at radius 1 is 1.33 bits per heavy atom. The van der Waals surface area contributed by atoms with E-state index in [2.05, 4.69) is 27.9 Å². The van der Waals surface area contributed by atoms with Crippen LogP contribution in [-0.4, -0.2) is 48.4 Å². The summed E-state index contributed by atoms with van der Waals surface area (Å²) in [5.41, 5.74) is 0.671. The molecule has 5 heteroatoms. The Kier molecular flexibility index (Phi) is 4.57. The smallest absolute Gasteiger partial charge is 0.255 e. The normalized spacial score (nSPS) is 26.5. The molecular formula is C16H20BrClN2O. The first-order chi connectivity index (χ1) is 10.1. The third-order valence-corrected chi connectivity index (χ3v) is 5.72. The van der Waals surface area contributed by atoms with Crippen molar-refractivity contribution >= 4 is 33.4 Å². The second kappa shape index (κ2) is 6.27. The van der Waals surface area contributed by atoms with Gasteiger partial charge in [0.15, 0.2) is 0 Å². The number of rotatable bonds is 1. The molecule has 2 unspecified atom stereocenters. The van der Waals surface area contributed by atoms with Crippen LogP contribution >= 0.6 is 27.5 Å².